The van der Waals surface area contributed by atoms with Gasteiger partial charge in [-0.05, 0) is 30.9 Å². The summed E-state index contributed by atoms with van der Waals surface area (Å²) in [6.45, 7) is 3.63. The molecule has 2 rings (SSSR count). The molecule has 0 bridgehead atoms. The maximum atomic E-state index is 12.0. The van der Waals surface area contributed by atoms with Gasteiger partial charge in [-0.2, -0.15) is 0 Å². The van der Waals surface area contributed by atoms with Crippen LogP contribution < -0.4 is 5.32 Å². The summed E-state index contributed by atoms with van der Waals surface area (Å²) in [6.07, 6.45) is 3.39. The van der Waals surface area contributed by atoms with Gasteiger partial charge in [0, 0.05) is 19.3 Å². The highest BCUT2D eigenvalue weighted by atomic mass is 16.4. The molecule has 1 aliphatic rings. The highest BCUT2D eigenvalue weighted by Crippen LogP contribution is 2.16. The van der Waals surface area contributed by atoms with Crippen molar-refractivity contribution in [3.05, 3.63) is 23.9 Å². The van der Waals surface area contributed by atoms with Crippen LogP contribution in [0.1, 0.15) is 30.1 Å². The molecule has 102 valence electrons. The normalized spacial score (nSPS) is 19.0. The maximum Gasteiger partial charge on any atom is 0.337 e. The number of urea groups is 1. The Kier molecular flexibility index (Phi) is 3.99. The van der Waals surface area contributed by atoms with E-state index in [-0.39, 0.29) is 11.6 Å². The van der Waals surface area contributed by atoms with Crippen LogP contribution in [0.15, 0.2) is 18.3 Å². The summed E-state index contributed by atoms with van der Waals surface area (Å²) >= 11 is 0. The van der Waals surface area contributed by atoms with E-state index < -0.39 is 5.97 Å². The molecule has 0 radical (unpaired) electrons. The van der Waals surface area contributed by atoms with E-state index in [9.17, 15) is 9.59 Å². The second-order valence-corrected chi connectivity index (χ2v) is 4.86. The van der Waals surface area contributed by atoms with E-state index in [0.29, 0.717) is 11.7 Å². The summed E-state index contributed by atoms with van der Waals surface area (Å²) in [5.41, 5.74) is 0.101. The molecule has 1 fully saturated rings. The average Bonchev–Trinajstić information content (AvgIpc) is 2.39. The van der Waals surface area contributed by atoms with Crippen molar-refractivity contribution < 1.29 is 14.7 Å². The molecule has 1 unspecified atom stereocenters. The van der Waals surface area contributed by atoms with Crippen molar-refractivity contribution in [3.8, 4) is 0 Å². The van der Waals surface area contributed by atoms with E-state index in [1.165, 1.54) is 18.3 Å². The molecule has 2 heterocycles. The van der Waals surface area contributed by atoms with Crippen molar-refractivity contribution >= 4 is 17.8 Å². The van der Waals surface area contributed by atoms with Crippen molar-refractivity contribution in [2.24, 2.45) is 5.92 Å². The van der Waals surface area contributed by atoms with Gasteiger partial charge in [-0.25, -0.2) is 14.6 Å². The van der Waals surface area contributed by atoms with Crippen molar-refractivity contribution in [3.63, 3.8) is 0 Å². The Morgan fingerprint density at radius 3 is 2.84 bits per heavy atom. The molecule has 1 saturated heterocycles. The number of nitrogens with one attached hydrogen (secondary N) is 1. The molecular weight excluding hydrogens is 246 g/mol. The summed E-state index contributed by atoms with van der Waals surface area (Å²) in [4.78, 5) is 28.4. The molecule has 0 aromatic carbocycles. The van der Waals surface area contributed by atoms with Gasteiger partial charge in [-0.3, -0.25) is 5.32 Å². The number of rotatable bonds is 2. The van der Waals surface area contributed by atoms with Crippen LogP contribution in [-0.4, -0.2) is 40.1 Å². The lowest BCUT2D eigenvalue weighted by molar-refractivity contribution is 0.0696. The number of carbonyl (C=O) groups is 2. The van der Waals surface area contributed by atoms with Crippen LogP contribution in [-0.2, 0) is 0 Å². The first kappa shape index (κ1) is 13.3. The first-order valence-corrected chi connectivity index (χ1v) is 6.31. The molecule has 0 spiro atoms. The second kappa shape index (κ2) is 5.69. The smallest absolute Gasteiger partial charge is 0.337 e. The predicted octanol–water partition coefficient (Wildman–Crippen LogP) is 2.04. The molecule has 0 aliphatic carbocycles. The molecule has 1 atom stereocenters. The third-order valence-electron chi connectivity index (χ3n) is 3.19. The van der Waals surface area contributed by atoms with Gasteiger partial charge < -0.3 is 10.0 Å². The fourth-order valence-corrected chi connectivity index (χ4v) is 2.16. The zero-order chi connectivity index (χ0) is 13.8. The Hall–Kier alpha value is -2.11. The molecule has 0 saturated carbocycles. The Morgan fingerprint density at radius 2 is 2.26 bits per heavy atom. The predicted molar refractivity (Wildman–Crippen MR) is 70.2 cm³/mol. The molecule has 6 nitrogen and oxygen atoms in total. The van der Waals surface area contributed by atoms with Crippen LogP contribution in [0.3, 0.4) is 0 Å². The number of likely N-dealkylation sites (tertiary alicyclic amines) is 1. The summed E-state index contributed by atoms with van der Waals surface area (Å²) < 4.78 is 0. The maximum absolute atomic E-state index is 12.0. The summed E-state index contributed by atoms with van der Waals surface area (Å²) in [5.74, 6) is -0.148. The fourth-order valence-electron chi connectivity index (χ4n) is 2.16. The number of piperidine rings is 1. The van der Waals surface area contributed by atoms with E-state index in [0.717, 1.165) is 25.9 Å². The highest BCUT2D eigenvalue weighted by molar-refractivity contribution is 5.90. The van der Waals surface area contributed by atoms with Gasteiger partial charge in [0.1, 0.15) is 5.82 Å². The number of amides is 2. The number of carboxylic acid groups (broad SMARTS) is 1. The summed E-state index contributed by atoms with van der Waals surface area (Å²) in [6, 6.07) is 2.74. The SMILES string of the molecule is CC1CCCN(C(=O)Nc2ccc(C(=O)O)cn2)C1. The molecule has 2 amide bonds. The third kappa shape index (κ3) is 3.43. The highest BCUT2D eigenvalue weighted by Gasteiger charge is 2.21. The van der Waals surface area contributed by atoms with Crippen LogP contribution in [0.25, 0.3) is 0 Å². The zero-order valence-corrected chi connectivity index (χ0v) is 10.8. The molecular formula is C13H17N3O3. The molecule has 1 aromatic rings. The number of aromatic carboxylic acids is 1. The number of pyridine rings is 1. The number of carbonyl (C=O) groups excluding carboxylic acids is 1. The van der Waals surface area contributed by atoms with Crippen LogP contribution in [0.2, 0.25) is 0 Å². The number of anilines is 1. The molecule has 6 heteroatoms. The van der Waals surface area contributed by atoms with Gasteiger partial charge in [-0.15, -0.1) is 0 Å². The Morgan fingerprint density at radius 1 is 1.47 bits per heavy atom. The molecule has 19 heavy (non-hydrogen) atoms. The minimum absolute atomic E-state index is 0.101. The van der Waals surface area contributed by atoms with Crippen molar-refractivity contribution in [2.75, 3.05) is 18.4 Å². The Balaban J connectivity index is 1.96. The van der Waals surface area contributed by atoms with Crippen LogP contribution in [0, 0.1) is 5.92 Å². The minimum Gasteiger partial charge on any atom is -0.478 e. The van der Waals surface area contributed by atoms with E-state index in [1.807, 2.05) is 0 Å². The lowest BCUT2D eigenvalue weighted by Gasteiger charge is -2.30. The number of hydrogen-bond acceptors (Lipinski definition) is 3. The molecule has 2 N–H and O–H groups in total. The average molecular weight is 263 g/mol. The van der Waals surface area contributed by atoms with Gasteiger partial charge in [0.2, 0.25) is 0 Å². The summed E-state index contributed by atoms with van der Waals surface area (Å²) in [7, 11) is 0. The van der Waals surface area contributed by atoms with Crippen molar-refractivity contribution in [2.45, 2.75) is 19.8 Å². The van der Waals surface area contributed by atoms with Crippen LogP contribution >= 0.6 is 0 Å². The van der Waals surface area contributed by atoms with Crippen LogP contribution in [0.4, 0.5) is 10.6 Å². The van der Waals surface area contributed by atoms with Gasteiger partial charge >= 0.3 is 12.0 Å². The fraction of sp³-hybridized carbons (Fsp3) is 0.462. The topological polar surface area (TPSA) is 82.5 Å². The lowest BCUT2D eigenvalue weighted by atomic mass is 10.0. The third-order valence-corrected chi connectivity index (χ3v) is 3.19. The van der Waals surface area contributed by atoms with E-state index in [2.05, 4.69) is 17.2 Å². The quantitative estimate of drug-likeness (QED) is 0.855. The number of carboxylic acids is 1. The molecule has 1 aliphatic heterocycles. The monoisotopic (exact) mass is 263 g/mol. The van der Waals surface area contributed by atoms with Crippen molar-refractivity contribution in [1.82, 2.24) is 9.88 Å². The minimum atomic E-state index is -1.03. The van der Waals surface area contributed by atoms with Crippen molar-refractivity contribution in [1.29, 1.82) is 0 Å². The first-order chi connectivity index (χ1) is 9.06. The second-order valence-electron chi connectivity index (χ2n) is 4.86. The number of hydrogen-bond donors (Lipinski definition) is 2. The lowest BCUT2D eigenvalue weighted by Crippen LogP contribution is -2.41. The zero-order valence-electron chi connectivity index (χ0n) is 10.8. The number of aromatic nitrogens is 1. The molecule has 1 aromatic heterocycles. The van der Waals surface area contributed by atoms with Gasteiger partial charge in [0.25, 0.3) is 0 Å². The Bertz CT molecular complexity index is 473. The van der Waals surface area contributed by atoms with E-state index in [4.69, 9.17) is 5.11 Å². The van der Waals surface area contributed by atoms with Gasteiger partial charge in [-0.1, -0.05) is 6.92 Å². The number of nitrogens with zero attached hydrogens (tertiary/aromatic N) is 2. The van der Waals surface area contributed by atoms with Gasteiger partial charge in [0.15, 0.2) is 0 Å². The first-order valence-electron chi connectivity index (χ1n) is 6.31. The largest absolute Gasteiger partial charge is 0.478 e. The van der Waals surface area contributed by atoms with Gasteiger partial charge in [0.05, 0.1) is 5.56 Å². The van der Waals surface area contributed by atoms with E-state index >= 15 is 0 Å². The van der Waals surface area contributed by atoms with Crippen LogP contribution in [0.5, 0.6) is 0 Å². The summed E-state index contributed by atoms with van der Waals surface area (Å²) in [5, 5.41) is 11.4. The standard InChI is InChI=1S/C13H17N3O3/c1-9-3-2-6-16(8-9)13(19)15-11-5-4-10(7-14-11)12(17)18/h4-5,7,9H,2-3,6,8H2,1H3,(H,17,18)(H,14,15,19). The van der Waals surface area contributed by atoms with E-state index in [1.54, 1.807) is 4.90 Å². The Labute approximate surface area is 111 Å².